The van der Waals surface area contributed by atoms with Crippen LogP contribution in [-0.2, 0) is 16.9 Å². The van der Waals surface area contributed by atoms with E-state index in [1.807, 2.05) is 22.2 Å². The minimum atomic E-state index is -5.08. The van der Waals surface area contributed by atoms with E-state index >= 15 is 0 Å². The van der Waals surface area contributed by atoms with Gasteiger partial charge in [0.15, 0.2) is 0 Å². The number of aromatic nitrogens is 3. The number of aryl methyl sites for hydroxylation is 2. The van der Waals surface area contributed by atoms with E-state index in [1.54, 1.807) is 13.8 Å². The van der Waals surface area contributed by atoms with Crippen molar-refractivity contribution in [2.24, 2.45) is 0 Å². The van der Waals surface area contributed by atoms with E-state index in [0.717, 1.165) is 32.5 Å². The number of likely N-dealkylation sites (tertiary alicyclic amines) is 1. The average Bonchev–Trinajstić information content (AvgIpc) is 3.22. The predicted octanol–water partition coefficient (Wildman–Crippen LogP) is 3.65. The van der Waals surface area contributed by atoms with Crippen LogP contribution in [0.1, 0.15) is 53.7 Å². The first-order chi connectivity index (χ1) is 13.8. The number of rotatable bonds is 4. The fourth-order valence-corrected chi connectivity index (χ4v) is 4.10. The number of halogens is 3. The molecule has 1 aliphatic rings. The lowest BCUT2D eigenvalue weighted by Gasteiger charge is -2.31. The number of aliphatic carboxylic acids is 1. The molecule has 1 saturated heterocycles. The van der Waals surface area contributed by atoms with Crippen LogP contribution in [-0.4, -0.2) is 55.3 Å². The maximum absolute atomic E-state index is 10.6. The number of thiophene rings is 1. The summed E-state index contributed by atoms with van der Waals surface area (Å²) in [7, 11) is 0. The molecule has 0 atom stereocenters. The van der Waals surface area contributed by atoms with Gasteiger partial charge in [0, 0.05) is 29.4 Å². The molecule has 2 aromatic heterocycles. The van der Waals surface area contributed by atoms with Crippen LogP contribution in [0.3, 0.4) is 0 Å². The quantitative estimate of drug-likeness (QED) is 0.742. The smallest absolute Gasteiger partial charge is 0.475 e. The Labute approximate surface area is 177 Å². The van der Waals surface area contributed by atoms with Gasteiger partial charge < -0.3 is 10.2 Å². The highest BCUT2D eigenvalue weighted by atomic mass is 32.1. The molecule has 2 aromatic rings. The Kier molecular flexibility index (Phi) is 7.64. The molecule has 3 heterocycles. The van der Waals surface area contributed by atoms with Gasteiger partial charge in [-0.25, -0.2) is 9.48 Å². The molecule has 1 aliphatic heterocycles. The predicted molar refractivity (Wildman–Crippen MR) is 106 cm³/mol. The van der Waals surface area contributed by atoms with Crippen molar-refractivity contribution in [3.63, 3.8) is 0 Å². The van der Waals surface area contributed by atoms with Crippen molar-refractivity contribution in [2.75, 3.05) is 13.1 Å². The molecule has 0 saturated carbocycles. The van der Waals surface area contributed by atoms with Gasteiger partial charge >= 0.3 is 12.1 Å². The fraction of sp³-hybridized carbons (Fsp3) is 0.632. The molecule has 30 heavy (non-hydrogen) atoms. The topological polar surface area (TPSA) is 91.5 Å². The molecule has 2 N–H and O–H groups in total. The second-order valence-electron chi connectivity index (χ2n) is 7.89. The third kappa shape index (κ3) is 6.78. The Hall–Kier alpha value is -1.98. The number of carboxylic acids is 1. The van der Waals surface area contributed by atoms with Crippen LogP contribution in [0, 0.1) is 13.8 Å². The average molecular weight is 449 g/mol. The van der Waals surface area contributed by atoms with Crippen LogP contribution in [0.25, 0.3) is 0 Å². The molecule has 0 radical (unpaired) electrons. The highest BCUT2D eigenvalue weighted by Gasteiger charge is 2.38. The zero-order valence-corrected chi connectivity index (χ0v) is 18.2. The molecule has 0 unspecified atom stereocenters. The zero-order valence-electron chi connectivity index (χ0n) is 17.4. The first-order valence-corrected chi connectivity index (χ1v) is 10.3. The normalized spacial score (nSPS) is 16.3. The zero-order chi connectivity index (χ0) is 22.7. The first kappa shape index (κ1) is 24.3. The van der Waals surface area contributed by atoms with Crippen LogP contribution in [0.15, 0.2) is 12.3 Å². The van der Waals surface area contributed by atoms with Gasteiger partial charge in [-0.3, -0.25) is 4.90 Å². The van der Waals surface area contributed by atoms with E-state index in [2.05, 4.69) is 35.1 Å². The van der Waals surface area contributed by atoms with Gasteiger partial charge in [0.05, 0.1) is 12.2 Å². The standard InChI is InChI=1S/C17H26N4OS.C2HF3O2/c1-12-9-14(13(2)23-12)10-20-7-5-15(6-8-20)21-11-16(18-19-21)17(3,4)22;3-2(4,5)1(6)7/h9,11,15,22H,5-8,10H2,1-4H3;(H,6,7). The number of carbonyl (C=O) groups is 1. The number of nitrogens with zero attached hydrogens (tertiary/aromatic N) is 4. The molecule has 0 bridgehead atoms. The molecule has 0 aromatic carbocycles. The van der Waals surface area contributed by atoms with Gasteiger partial charge in [-0.15, -0.1) is 16.4 Å². The summed E-state index contributed by atoms with van der Waals surface area (Å²) in [5.74, 6) is -2.76. The number of aliphatic hydroxyl groups is 1. The van der Waals surface area contributed by atoms with Crippen LogP contribution in [0.2, 0.25) is 0 Å². The summed E-state index contributed by atoms with van der Waals surface area (Å²) in [6.07, 6.45) is -1.03. The number of carboxylic acid groups (broad SMARTS) is 1. The Bertz CT molecular complexity index is 850. The Balaban J connectivity index is 0.000000396. The SMILES string of the molecule is Cc1cc(CN2CCC(n3cc(C(C)(C)O)nn3)CC2)c(C)s1.O=C(O)C(F)(F)F. The summed E-state index contributed by atoms with van der Waals surface area (Å²) < 4.78 is 33.7. The van der Waals surface area contributed by atoms with Crippen molar-refractivity contribution in [3.05, 3.63) is 33.3 Å². The molecule has 0 spiro atoms. The number of hydrogen-bond acceptors (Lipinski definition) is 6. The highest BCUT2D eigenvalue weighted by molar-refractivity contribution is 7.12. The van der Waals surface area contributed by atoms with E-state index < -0.39 is 17.7 Å². The summed E-state index contributed by atoms with van der Waals surface area (Å²) in [4.78, 5) is 14.3. The van der Waals surface area contributed by atoms with Crippen molar-refractivity contribution < 1.29 is 28.2 Å². The van der Waals surface area contributed by atoms with Gasteiger partial charge in [-0.05, 0) is 52.2 Å². The van der Waals surface area contributed by atoms with Crippen LogP contribution in [0.5, 0.6) is 0 Å². The lowest BCUT2D eigenvalue weighted by atomic mass is 10.0. The lowest BCUT2D eigenvalue weighted by Crippen LogP contribution is -2.34. The molecule has 168 valence electrons. The lowest BCUT2D eigenvalue weighted by molar-refractivity contribution is -0.192. The van der Waals surface area contributed by atoms with E-state index in [1.165, 1.54) is 15.3 Å². The van der Waals surface area contributed by atoms with Gasteiger partial charge in [-0.2, -0.15) is 13.2 Å². The van der Waals surface area contributed by atoms with E-state index in [0.29, 0.717) is 11.7 Å². The minimum Gasteiger partial charge on any atom is -0.475 e. The van der Waals surface area contributed by atoms with Crippen molar-refractivity contribution >= 4 is 17.3 Å². The van der Waals surface area contributed by atoms with Crippen LogP contribution >= 0.6 is 11.3 Å². The Morgan fingerprint density at radius 1 is 1.27 bits per heavy atom. The van der Waals surface area contributed by atoms with Gasteiger partial charge in [0.2, 0.25) is 0 Å². The molecule has 3 rings (SSSR count). The first-order valence-electron chi connectivity index (χ1n) is 9.50. The second kappa shape index (κ2) is 9.44. The van der Waals surface area contributed by atoms with Crippen LogP contribution < -0.4 is 0 Å². The highest BCUT2D eigenvalue weighted by Crippen LogP contribution is 2.27. The molecular formula is C19H27F3N4O3S. The maximum Gasteiger partial charge on any atom is 0.490 e. The molecule has 11 heteroatoms. The van der Waals surface area contributed by atoms with E-state index in [-0.39, 0.29) is 0 Å². The largest absolute Gasteiger partial charge is 0.490 e. The van der Waals surface area contributed by atoms with Gasteiger partial charge in [-0.1, -0.05) is 5.21 Å². The molecule has 1 fully saturated rings. The van der Waals surface area contributed by atoms with Crippen LogP contribution in [0.4, 0.5) is 13.2 Å². The monoisotopic (exact) mass is 448 g/mol. The Morgan fingerprint density at radius 3 is 2.23 bits per heavy atom. The maximum atomic E-state index is 10.6. The van der Waals surface area contributed by atoms with Gasteiger partial charge in [0.1, 0.15) is 11.3 Å². The number of hydrogen-bond donors (Lipinski definition) is 2. The second-order valence-corrected chi connectivity index (χ2v) is 9.35. The third-order valence-corrected chi connectivity index (χ3v) is 5.86. The van der Waals surface area contributed by atoms with Gasteiger partial charge in [0.25, 0.3) is 0 Å². The summed E-state index contributed by atoms with van der Waals surface area (Å²) in [6, 6.07) is 2.71. The summed E-state index contributed by atoms with van der Waals surface area (Å²) >= 11 is 1.89. The molecule has 7 nitrogen and oxygen atoms in total. The third-order valence-electron chi connectivity index (χ3n) is 4.85. The number of alkyl halides is 3. The van der Waals surface area contributed by atoms with E-state index in [4.69, 9.17) is 9.90 Å². The minimum absolute atomic E-state index is 0.389. The van der Waals surface area contributed by atoms with E-state index in [9.17, 15) is 18.3 Å². The van der Waals surface area contributed by atoms with Crippen molar-refractivity contribution in [2.45, 2.75) is 64.9 Å². The molecule has 0 aliphatic carbocycles. The van der Waals surface area contributed by atoms with Crippen molar-refractivity contribution in [3.8, 4) is 0 Å². The number of piperidine rings is 1. The summed E-state index contributed by atoms with van der Waals surface area (Å²) in [6.45, 7) is 11.1. The van der Waals surface area contributed by atoms with Crippen molar-refractivity contribution in [1.29, 1.82) is 0 Å². The molecular weight excluding hydrogens is 421 g/mol. The summed E-state index contributed by atoms with van der Waals surface area (Å²) in [5, 5.41) is 25.5. The Morgan fingerprint density at radius 2 is 1.83 bits per heavy atom. The van der Waals surface area contributed by atoms with Crippen molar-refractivity contribution in [1.82, 2.24) is 19.9 Å². The fourth-order valence-electron chi connectivity index (χ4n) is 3.16. The summed E-state index contributed by atoms with van der Waals surface area (Å²) in [5.41, 5.74) is 1.19. The molecule has 0 amide bonds.